The van der Waals surface area contributed by atoms with Crippen molar-refractivity contribution in [2.24, 2.45) is 0 Å². The van der Waals surface area contributed by atoms with Gasteiger partial charge in [-0.2, -0.15) is 10.1 Å². The van der Waals surface area contributed by atoms with Crippen molar-refractivity contribution in [3.05, 3.63) is 77.6 Å². The van der Waals surface area contributed by atoms with Gasteiger partial charge in [0, 0.05) is 11.8 Å². The number of esters is 1. The van der Waals surface area contributed by atoms with Gasteiger partial charge in [-0.05, 0) is 23.8 Å². The first-order valence-electron chi connectivity index (χ1n) is 7.73. The molecule has 0 bridgehead atoms. The van der Waals surface area contributed by atoms with Gasteiger partial charge in [0.25, 0.3) is 5.89 Å². The number of carbonyl (C=O) groups is 1. The predicted molar refractivity (Wildman–Crippen MR) is 88.8 cm³/mol. The fourth-order valence-corrected chi connectivity index (χ4v) is 2.48. The van der Waals surface area contributed by atoms with Gasteiger partial charge in [0.15, 0.2) is 12.4 Å². The summed E-state index contributed by atoms with van der Waals surface area (Å²) < 4.78 is 10.4. The van der Waals surface area contributed by atoms with Gasteiger partial charge in [-0.1, -0.05) is 35.5 Å². The highest BCUT2D eigenvalue weighted by Gasteiger charge is 2.12. The summed E-state index contributed by atoms with van der Waals surface area (Å²) >= 11 is 0. The van der Waals surface area contributed by atoms with Crippen LogP contribution in [0.1, 0.15) is 27.6 Å². The van der Waals surface area contributed by atoms with E-state index in [0.29, 0.717) is 17.8 Å². The molecule has 1 N–H and O–H groups in total. The highest BCUT2D eigenvalue weighted by Crippen LogP contribution is 2.14. The van der Waals surface area contributed by atoms with E-state index in [9.17, 15) is 4.79 Å². The summed E-state index contributed by atoms with van der Waals surface area (Å²) in [5.74, 6) is 0.367. The average molecular weight is 334 g/mol. The van der Waals surface area contributed by atoms with Crippen molar-refractivity contribution in [3.63, 3.8) is 0 Å². The fraction of sp³-hybridized carbons (Fsp3) is 0.111. The summed E-state index contributed by atoms with van der Waals surface area (Å²) in [4.78, 5) is 16.4. The Morgan fingerprint density at radius 2 is 2.04 bits per heavy atom. The van der Waals surface area contributed by atoms with Crippen molar-refractivity contribution in [3.8, 4) is 0 Å². The SMILES string of the molecule is O=C(OCc1nc(Cc2ccccc2)no1)c1ccc2[nH]ncc2c1. The zero-order valence-electron chi connectivity index (χ0n) is 13.2. The average Bonchev–Trinajstić information content (AvgIpc) is 3.29. The first-order chi connectivity index (χ1) is 12.3. The third-order valence-electron chi connectivity index (χ3n) is 3.72. The molecule has 0 aliphatic carbocycles. The van der Waals surface area contributed by atoms with Crippen molar-refractivity contribution in [1.82, 2.24) is 20.3 Å². The van der Waals surface area contributed by atoms with Crippen LogP contribution in [0.15, 0.2) is 59.3 Å². The topological polar surface area (TPSA) is 93.9 Å². The zero-order valence-corrected chi connectivity index (χ0v) is 13.2. The van der Waals surface area contributed by atoms with Crippen molar-refractivity contribution in [1.29, 1.82) is 0 Å². The first-order valence-corrected chi connectivity index (χ1v) is 7.73. The van der Waals surface area contributed by atoms with Crippen LogP contribution in [0.5, 0.6) is 0 Å². The third-order valence-corrected chi connectivity index (χ3v) is 3.72. The molecule has 4 aromatic rings. The quantitative estimate of drug-likeness (QED) is 0.564. The fourth-order valence-electron chi connectivity index (χ4n) is 2.48. The largest absolute Gasteiger partial charge is 0.452 e. The number of H-pyrrole nitrogens is 1. The molecule has 4 rings (SSSR count). The maximum Gasteiger partial charge on any atom is 0.338 e. The number of nitrogens with one attached hydrogen (secondary N) is 1. The number of hydrogen-bond acceptors (Lipinski definition) is 6. The van der Waals surface area contributed by atoms with E-state index in [0.717, 1.165) is 16.5 Å². The predicted octanol–water partition coefficient (Wildman–Crippen LogP) is 2.89. The maximum absolute atomic E-state index is 12.1. The smallest absolute Gasteiger partial charge is 0.338 e. The standard InChI is InChI=1S/C18H14N4O3/c23-18(13-6-7-15-14(9-13)10-19-21-15)24-11-17-20-16(22-25-17)8-12-4-2-1-3-5-12/h1-7,9-10H,8,11H2,(H,19,21). The molecule has 7 heteroatoms. The van der Waals surface area contributed by atoms with Crippen LogP contribution < -0.4 is 0 Å². The molecule has 25 heavy (non-hydrogen) atoms. The number of aromatic nitrogens is 4. The van der Waals surface area contributed by atoms with Gasteiger partial charge in [-0.3, -0.25) is 5.10 Å². The van der Waals surface area contributed by atoms with Crippen molar-refractivity contribution < 1.29 is 14.1 Å². The van der Waals surface area contributed by atoms with Gasteiger partial charge in [-0.15, -0.1) is 0 Å². The van der Waals surface area contributed by atoms with E-state index in [1.54, 1.807) is 24.4 Å². The van der Waals surface area contributed by atoms with Crippen LogP contribution in [0.25, 0.3) is 10.9 Å². The lowest BCUT2D eigenvalue weighted by Gasteiger charge is -2.01. The second-order valence-corrected chi connectivity index (χ2v) is 5.51. The number of benzene rings is 2. The Kier molecular flexibility index (Phi) is 3.96. The number of rotatable bonds is 5. The molecule has 0 unspecified atom stereocenters. The minimum atomic E-state index is -0.453. The third kappa shape index (κ3) is 3.40. The molecule has 0 aliphatic rings. The molecule has 0 fully saturated rings. The molecule has 0 atom stereocenters. The molecule has 2 aromatic carbocycles. The van der Waals surface area contributed by atoms with Gasteiger partial charge >= 0.3 is 5.97 Å². The highest BCUT2D eigenvalue weighted by molar-refractivity contribution is 5.94. The van der Waals surface area contributed by atoms with Crippen LogP contribution in [0.4, 0.5) is 0 Å². The Bertz CT molecular complexity index is 1010. The molecule has 0 aliphatic heterocycles. The van der Waals surface area contributed by atoms with Crippen LogP contribution in [-0.4, -0.2) is 26.3 Å². The summed E-state index contributed by atoms with van der Waals surface area (Å²) in [6, 6.07) is 15.0. The van der Waals surface area contributed by atoms with Crippen LogP contribution in [0, 0.1) is 0 Å². The number of carbonyl (C=O) groups excluding carboxylic acids is 1. The molecular formula is C18H14N4O3. The summed E-state index contributed by atoms with van der Waals surface area (Å²) in [5.41, 5.74) is 2.39. The molecule has 124 valence electrons. The number of nitrogens with zero attached hydrogens (tertiary/aromatic N) is 3. The van der Waals surface area contributed by atoms with E-state index in [-0.39, 0.29) is 12.5 Å². The molecule has 0 radical (unpaired) electrons. The summed E-state index contributed by atoms with van der Waals surface area (Å²) in [7, 11) is 0. The number of ether oxygens (including phenoxy) is 1. The minimum absolute atomic E-state index is 0.0654. The van der Waals surface area contributed by atoms with E-state index in [4.69, 9.17) is 9.26 Å². The molecule has 0 spiro atoms. The van der Waals surface area contributed by atoms with Gasteiger partial charge in [0.2, 0.25) is 0 Å². The van der Waals surface area contributed by atoms with Gasteiger partial charge < -0.3 is 9.26 Å². The maximum atomic E-state index is 12.1. The second kappa shape index (κ2) is 6.56. The Morgan fingerprint density at radius 3 is 2.92 bits per heavy atom. The Morgan fingerprint density at radius 1 is 1.16 bits per heavy atom. The van der Waals surface area contributed by atoms with Gasteiger partial charge in [0.1, 0.15) is 0 Å². The normalized spacial score (nSPS) is 10.9. The summed E-state index contributed by atoms with van der Waals surface area (Å²) in [5, 5.41) is 11.5. The Hall–Kier alpha value is -3.48. The molecule has 0 saturated heterocycles. The zero-order chi connectivity index (χ0) is 17.1. The molecule has 0 saturated carbocycles. The summed E-state index contributed by atoms with van der Waals surface area (Å²) in [6.07, 6.45) is 2.22. The van der Waals surface area contributed by atoms with E-state index >= 15 is 0 Å². The lowest BCUT2D eigenvalue weighted by Crippen LogP contribution is -2.05. The molecule has 2 heterocycles. The lowest BCUT2D eigenvalue weighted by molar-refractivity contribution is 0.0430. The van der Waals surface area contributed by atoms with E-state index in [1.807, 2.05) is 30.3 Å². The Balaban J connectivity index is 1.38. The molecular weight excluding hydrogens is 320 g/mol. The highest BCUT2D eigenvalue weighted by atomic mass is 16.6. The van der Waals surface area contributed by atoms with Gasteiger partial charge in [-0.25, -0.2) is 4.79 Å². The first kappa shape index (κ1) is 15.1. The van der Waals surface area contributed by atoms with E-state index in [1.165, 1.54) is 0 Å². The number of fused-ring (bicyclic) bond motifs is 1. The monoisotopic (exact) mass is 334 g/mol. The minimum Gasteiger partial charge on any atom is -0.452 e. The van der Waals surface area contributed by atoms with Crippen LogP contribution in [-0.2, 0) is 17.8 Å². The Labute approximate surface area is 142 Å². The van der Waals surface area contributed by atoms with Crippen molar-refractivity contribution >= 4 is 16.9 Å². The summed E-state index contributed by atoms with van der Waals surface area (Å²) in [6.45, 7) is -0.0654. The van der Waals surface area contributed by atoms with E-state index < -0.39 is 5.97 Å². The van der Waals surface area contributed by atoms with Crippen molar-refractivity contribution in [2.75, 3.05) is 0 Å². The van der Waals surface area contributed by atoms with Crippen LogP contribution >= 0.6 is 0 Å². The number of aromatic amines is 1. The van der Waals surface area contributed by atoms with Gasteiger partial charge in [0.05, 0.1) is 17.3 Å². The van der Waals surface area contributed by atoms with E-state index in [2.05, 4.69) is 20.3 Å². The van der Waals surface area contributed by atoms with Crippen LogP contribution in [0.3, 0.4) is 0 Å². The molecule has 7 nitrogen and oxygen atoms in total. The lowest BCUT2D eigenvalue weighted by atomic mass is 10.1. The molecule has 2 aromatic heterocycles. The van der Waals surface area contributed by atoms with Crippen molar-refractivity contribution in [2.45, 2.75) is 13.0 Å². The second-order valence-electron chi connectivity index (χ2n) is 5.51. The molecule has 0 amide bonds. The van der Waals surface area contributed by atoms with Crippen LogP contribution in [0.2, 0.25) is 0 Å². The number of hydrogen-bond donors (Lipinski definition) is 1.